The highest BCUT2D eigenvalue weighted by Crippen LogP contribution is 2.45. The number of para-hydroxylation sites is 2. The zero-order valence-corrected chi connectivity index (χ0v) is 21.0. The van der Waals surface area contributed by atoms with Crippen LogP contribution in [0.1, 0.15) is 49.3 Å². The highest BCUT2D eigenvalue weighted by molar-refractivity contribution is 6.01. The maximum absolute atomic E-state index is 13.8. The van der Waals surface area contributed by atoms with E-state index in [1.807, 2.05) is 54.6 Å². The summed E-state index contributed by atoms with van der Waals surface area (Å²) in [5, 5.41) is 7.23. The maximum Gasteiger partial charge on any atom is 0.163 e. The molecule has 1 aliphatic heterocycles. The van der Waals surface area contributed by atoms with Crippen LogP contribution in [0, 0.1) is 0 Å². The molecule has 2 N–H and O–H groups in total. The van der Waals surface area contributed by atoms with Gasteiger partial charge in [-0.1, -0.05) is 37.3 Å². The predicted octanol–water partition coefficient (Wildman–Crippen LogP) is 6.47. The van der Waals surface area contributed by atoms with Gasteiger partial charge in [-0.15, -0.1) is 0 Å². The number of fused-ring (bicyclic) bond motifs is 1. The molecule has 0 fully saturated rings. The average molecular weight is 485 g/mol. The number of hydrogen-bond acceptors (Lipinski definition) is 6. The molecule has 6 heteroatoms. The summed E-state index contributed by atoms with van der Waals surface area (Å²) in [6, 6.07) is 21.7. The van der Waals surface area contributed by atoms with E-state index in [9.17, 15) is 4.79 Å². The van der Waals surface area contributed by atoms with Gasteiger partial charge in [0.05, 0.1) is 38.2 Å². The second-order valence-electron chi connectivity index (χ2n) is 9.20. The van der Waals surface area contributed by atoms with E-state index in [2.05, 4.69) is 29.7 Å². The van der Waals surface area contributed by atoms with Crippen LogP contribution in [0.2, 0.25) is 0 Å². The van der Waals surface area contributed by atoms with Gasteiger partial charge < -0.3 is 24.8 Å². The molecule has 6 nitrogen and oxygen atoms in total. The van der Waals surface area contributed by atoms with Gasteiger partial charge >= 0.3 is 0 Å². The number of Topliss-reactive ketones (excluding diaryl/α,β-unsaturated/α-hetero) is 1. The second-order valence-corrected chi connectivity index (χ2v) is 9.20. The topological polar surface area (TPSA) is 68.8 Å². The Morgan fingerprint density at radius 2 is 1.61 bits per heavy atom. The summed E-state index contributed by atoms with van der Waals surface area (Å²) in [7, 11) is 3.30. The lowest BCUT2D eigenvalue weighted by molar-refractivity contribution is -0.116. The number of carbonyl (C=O) groups is 1. The van der Waals surface area contributed by atoms with E-state index in [-0.39, 0.29) is 17.7 Å². The fourth-order valence-electron chi connectivity index (χ4n) is 5.05. The number of benzene rings is 3. The zero-order chi connectivity index (χ0) is 25.1. The number of ketones is 1. The van der Waals surface area contributed by atoms with Crippen LogP contribution in [0.4, 0.5) is 11.4 Å². The van der Waals surface area contributed by atoms with Crippen LogP contribution in [0.25, 0.3) is 0 Å². The first-order valence-corrected chi connectivity index (χ1v) is 12.4. The van der Waals surface area contributed by atoms with Gasteiger partial charge in [-0.3, -0.25) is 4.79 Å². The molecule has 0 aromatic heterocycles. The van der Waals surface area contributed by atoms with Crippen LogP contribution < -0.4 is 24.8 Å². The summed E-state index contributed by atoms with van der Waals surface area (Å²) in [6.45, 7) is 2.69. The van der Waals surface area contributed by atoms with Crippen molar-refractivity contribution in [3.05, 3.63) is 89.1 Å². The largest absolute Gasteiger partial charge is 0.497 e. The molecule has 3 aromatic rings. The molecule has 1 aliphatic carbocycles. The lowest BCUT2D eigenvalue weighted by atomic mass is 9.78. The third-order valence-electron chi connectivity index (χ3n) is 6.88. The van der Waals surface area contributed by atoms with Crippen molar-refractivity contribution in [3.8, 4) is 17.2 Å². The van der Waals surface area contributed by atoms with Crippen LogP contribution in [0.5, 0.6) is 17.2 Å². The monoisotopic (exact) mass is 484 g/mol. The summed E-state index contributed by atoms with van der Waals surface area (Å²) in [4.78, 5) is 13.8. The van der Waals surface area contributed by atoms with E-state index in [0.29, 0.717) is 24.5 Å². The molecule has 5 rings (SSSR count). The van der Waals surface area contributed by atoms with Gasteiger partial charge in [0.1, 0.15) is 5.75 Å². The lowest BCUT2D eigenvalue weighted by Gasteiger charge is -2.30. The lowest BCUT2D eigenvalue weighted by Crippen LogP contribution is -2.26. The maximum atomic E-state index is 13.8. The van der Waals surface area contributed by atoms with E-state index in [0.717, 1.165) is 52.4 Å². The van der Waals surface area contributed by atoms with Crippen molar-refractivity contribution >= 4 is 17.2 Å². The Morgan fingerprint density at radius 3 is 2.33 bits per heavy atom. The molecule has 0 radical (unpaired) electrons. The Morgan fingerprint density at radius 1 is 0.861 bits per heavy atom. The quantitative estimate of drug-likeness (QED) is 0.400. The summed E-state index contributed by atoms with van der Waals surface area (Å²) < 4.78 is 16.8. The molecule has 0 spiro atoms. The summed E-state index contributed by atoms with van der Waals surface area (Å²) in [5.41, 5.74) is 5.75. The normalized spacial score (nSPS) is 18.8. The molecule has 2 aliphatic rings. The fourth-order valence-corrected chi connectivity index (χ4v) is 5.05. The molecule has 0 saturated carbocycles. The Hall–Kier alpha value is -3.93. The van der Waals surface area contributed by atoms with Crippen LogP contribution >= 0.6 is 0 Å². The van der Waals surface area contributed by atoms with E-state index < -0.39 is 0 Å². The highest BCUT2D eigenvalue weighted by Gasteiger charge is 2.36. The molecule has 3 aromatic carbocycles. The SMILES string of the molecule is CCCOc1ccc([C@H]2Nc3ccccc3NC3=C2C(=O)C[C@H](c2ccc(OC)cc2)C3)cc1OC. The van der Waals surface area contributed by atoms with Gasteiger partial charge in [-0.25, -0.2) is 0 Å². The first-order chi connectivity index (χ1) is 17.6. The molecule has 0 unspecified atom stereocenters. The standard InChI is InChI=1S/C30H32N2O4/c1-4-15-36-27-14-11-20(18-28(27)35-3)30-29-25(31-23-7-5-6-8-24(23)32-30)16-21(17-26(29)33)19-9-12-22(34-2)13-10-19/h5-14,18,21,30-32H,4,15-17H2,1-3H3/t21-,30-/m1/s1. The fraction of sp³-hybridized carbons (Fsp3) is 0.300. The van der Waals surface area contributed by atoms with E-state index in [4.69, 9.17) is 14.2 Å². The minimum atomic E-state index is -0.311. The highest BCUT2D eigenvalue weighted by atomic mass is 16.5. The number of nitrogens with one attached hydrogen (secondary N) is 2. The van der Waals surface area contributed by atoms with E-state index in [1.165, 1.54) is 0 Å². The Kier molecular flexibility index (Phi) is 6.85. The first-order valence-electron chi connectivity index (χ1n) is 12.4. The minimum absolute atomic E-state index is 0.0972. The van der Waals surface area contributed by atoms with Crippen LogP contribution in [0.15, 0.2) is 78.0 Å². The number of methoxy groups -OCH3 is 2. The number of allylic oxidation sites excluding steroid dienone is 1. The summed E-state index contributed by atoms with van der Waals surface area (Å²) in [6.07, 6.45) is 2.11. The molecule has 36 heavy (non-hydrogen) atoms. The van der Waals surface area contributed by atoms with Gasteiger partial charge in [-0.2, -0.15) is 0 Å². The zero-order valence-electron chi connectivity index (χ0n) is 21.0. The van der Waals surface area contributed by atoms with Crippen molar-refractivity contribution in [2.75, 3.05) is 31.5 Å². The van der Waals surface area contributed by atoms with Crippen molar-refractivity contribution in [3.63, 3.8) is 0 Å². The van der Waals surface area contributed by atoms with Crippen molar-refractivity contribution in [1.82, 2.24) is 0 Å². The third kappa shape index (κ3) is 4.63. The van der Waals surface area contributed by atoms with E-state index >= 15 is 0 Å². The average Bonchev–Trinajstić information content (AvgIpc) is 3.09. The second kappa shape index (κ2) is 10.4. The smallest absolute Gasteiger partial charge is 0.163 e. The molecule has 1 heterocycles. The molecular weight excluding hydrogens is 452 g/mol. The van der Waals surface area contributed by atoms with E-state index in [1.54, 1.807) is 14.2 Å². The Balaban J connectivity index is 1.55. The van der Waals surface area contributed by atoms with Gasteiger partial charge in [0.15, 0.2) is 17.3 Å². The van der Waals surface area contributed by atoms with Crippen LogP contribution in [0.3, 0.4) is 0 Å². The summed E-state index contributed by atoms with van der Waals surface area (Å²) >= 11 is 0. The number of hydrogen-bond donors (Lipinski definition) is 2. The molecule has 2 atom stereocenters. The van der Waals surface area contributed by atoms with Crippen molar-refractivity contribution in [1.29, 1.82) is 0 Å². The molecule has 0 bridgehead atoms. The number of rotatable bonds is 7. The minimum Gasteiger partial charge on any atom is -0.497 e. The molecule has 0 saturated heterocycles. The summed E-state index contributed by atoms with van der Waals surface area (Å²) in [5.74, 6) is 2.42. The molecule has 0 amide bonds. The van der Waals surface area contributed by atoms with Gasteiger partial charge in [0, 0.05) is 17.7 Å². The van der Waals surface area contributed by atoms with Gasteiger partial charge in [0.2, 0.25) is 0 Å². The molecular formula is C30H32N2O4. The predicted molar refractivity (Wildman–Crippen MR) is 142 cm³/mol. The third-order valence-corrected chi connectivity index (χ3v) is 6.88. The van der Waals surface area contributed by atoms with Crippen molar-refractivity contribution < 1.29 is 19.0 Å². The number of carbonyl (C=O) groups excluding carboxylic acids is 1. The van der Waals surface area contributed by atoms with Gasteiger partial charge in [-0.05, 0) is 66.3 Å². The molecule has 186 valence electrons. The van der Waals surface area contributed by atoms with Gasteiger partial charge in [0.25, 0.3) is 0 Å². The first kappa shape index (κ1) is 23.8. The van der Waals surface area contributed by atoms with Crippen LogP contribution in [-0.2, 0) is 4.79 Å². The number of ether oxygens (including phenoxy) is 3. The number of anilines is 2. The Bertz CT molecular complexity index is 1280. The van der Waals surface area contributed by atoms with Crippen LogP contribution in [-0.4, -0.2) is 26.6 Å². The Labute approximate surface area is 212 Å². The van der Waals surface area contributed by atoms with Crippen molar-refractivity contribution in [2.24, 2.45) is 0 Å². The van der Waals surface area contributed by atoms with Crippen molar-refractivity contribution in [2.45, 2.75) is 38.1 Å².